The summed E-state index contributed by atoms with van der Waals surface area (Å²) >= 11 is 1.48. The van der Waals surface area contributed by atoms with Gasteiger partial charge in [0.25, 0.3) is 0 Å². The largest absolute Gasteiger partial charge is 0.284 e. The Kier molecular flexibility index (Phi) is 2.59. The molecule has 11 heavy (non-hydrogen) atoms. The quantitative estimate of drug-likeness (QED) is 0.491. The second kappa shape index (κ2) is 3.69. The van der Waals surface area contributed by atoms with Gasteiger partial charge in [0, 0.05) is 4.88 Å². The van der Waals surface area contributed by atoms with E-state index < -0.39 is 0 Å². The van der Waals surface area contributed by atoms with Crippen molar-refractivity contribution in [1.82, 2.24) is 0 Å². The molecule has 1 radical (unpaired) electrons. The van der Waals surface area contributed by atoms with E-state index in [0.29, 0.717) is 0 Å². The zero-order valence-electron chi connectivity index (χ0n) is 5.57. The summed E-state index contributed by atoms with van der Waals surface area (Å²) in [5.41, 5.74) is 0.0347. The van der Waals surface area contributed by atoms with Gasteiger partial charge in [-0.2, -0.15) is 5.26 Å². The third kappa shape index (κ3) is 2.03. The number of allylic oxidation sites excluding steroid dienone is 1. The van der Waals surface area contributed by atoms with E-state index in [2.05, 4.69) is 0 Å². The minimum atomic E-state index is 0.0347. The molecule has 0 N–H and O–H groups in total. The summed E-state index contributed by atoms with van der Waals surface area (Å²) in [4.78, 5) is 10.9. The third-order valence-electron chi connectivity index (χ3n) is 1.06. The van der Waals surface area contributed by atoms with Gasteiger partial charge >= 0.3 is 0 Å². The van der Waals surface area contributed by atoms with Gasteiger partial charge in [0.1, 0.15) is 11.6 Å². The molecule has 0 atom stereocenters. The van der Waals surface area contributed by atoms with Crippen molar-refractivity contribution in [2.75, 3.05) is 0 Å². The summed E-state index contributed by atoms with van der Waals surface area (Å²) in [6.07, 6.45) is 3.06. The molecule has 1 rings (SSSR count). The molecule has 1 heterocycles. The number of nitrogens with zero attached hydrogens (tertiary/aromatic N) is 1. The van der Waals surface area contributed by atoms with E-state index in [1.165, 1.54) is 17.4 Å². The normalized spacial score (nSPS) is 10.6. The summed E-state index contributed by atoms with van der Waals surface area (Å²) in [5.74, 6) is 0. The van der Waals surface area contributed by atoms with Crippen LogP contribution in [0, 0.1) is 11.3 Å². The first kappa shape index (κ1) is 7.70. The molecule has 1 aromatic rings. The van der Waals surface area contributed by atoms with Gasteiger partial charge in [-0.15, -0.1) is 11.3 Å². The monoisotopic (exact) mass is 162 g/mol. The highest BCUT2D eigenvalue weighted by Gasteiger charge is 1.94. The lowest BCUT2D eigenvalue weighted by molar-refractivity contribution is 0.563. The molecule has 0 spiro atoms. The zero-order valence-corrected chi connectivity index (χ0v) is 6.39. The number of rotatable bonds is 2. The van der Waals surface area contributed by atoms with E-state index >= 15 is 0 Å². The molecular weight excluding hydrogens is 158 g/mol. The molecule has 2 nitrogen and oxygen atoms in total. The highest BCUT2D eigenvalue weighted by atomic mass is 32.1. The van der Waals surface area contributed by atoms with Crippen LogP contribution in [0.1, 0.15) is 4.88 Å². The molecule has 0 amide bonds. The Labute approximate surface area is 68.4 Å². The van der Waals surface area contributed by atoms with Crippen molar-refractivity contribution in [3.8, 4) is 6.07 Å². The SMILES string of the molecule is N#CC([C]=O)=Cc1cccs1. The van der Waals surface area contributed by atoms with Gasteiger partial charge < -0.3 is 0 Å². The molecule has 0 saturated heterocycles. The van der Waals surface area contributed by atoms with Crippen LogP contribution in [0.4, 0.5) is 0 Å². The van der Waals surface area contributed by atoms with Crippen molar-refractivity contribution in [2.24, 2.45) is 0 Å². The van der Waals surface area contributed by atoms with Gasteiger partial charge in [-0.1, -0.05) is 6.07 Å². The number of hydrogen-bond donors (Lipinski definition) is 0. The first-order valence-electron chi connectivity index (χ1n) is 2.90. The molecule has 0 bridgehead atoms. The Balaban J connectivity index is 2.90. The summed E-state index contributed by atoms with van der Waals surface area (Å²) in [6, 6.07) is 5.42. The minimum Gasteiger partial charge on any atom is -0.284 e. The van der Waals surface area contributed by atoms with Crippen LogP contribution < -0.4 is 0 Å². The van der Waals surface area contributed by atoms with Crippen LogP contribution >= 0.6 is 11.3 Å². The smallest absolute Gasteiger partial charge is 0.244 e. The predicted molar refractivity (Wildman–Crippen MR) is 43.6 cm³/mol. The van der Waals surface area contributed by atoms with Gasteiger partial charge in [0.05, 0.1) is 0 Å². The van der Waals surface area contributed by atoms with Crippen molar-refractivity contribution in [3.63, 3.8) is 0 Å². The number of hydrogen-bond acceptors (Lipinski definition) is 3. The van der Waals surface area contributed by atoms with Crippen LogP contribution in [0.25, 0.3) is 6.08 Å². The molecule has 3 heteroatoms. The molecule has 0 aliphatic carbocycles. The van der Waals surface area contributed by atoms with Crippen LogP contribution in [0.3, 0.4) is 0 Å². The summed E-state index contributed by atoms with van der Waals surface area (Å²) in [5, 5.41) is 10.2. The van der Waals surface area contributed by atoms with E-state index in [-0.39, 0.29) is 5.57 Å². The fourth-order valence-electron chi connectivity index (χ4n) is 0.600. The van der Waals surface area contributed by atoms with E-state index in [9.17, 15) is 4.79 Å². The van der Waals surface area contributed by atoms with Gasteiger partial charge in [0.15, 0.2) is 0 Å². The Morgan fingerprint density at radius 3 is 3.00 bits per heavy atom. The van der Waals surface area contributed by atoms with Crippen LogP contribution in [0.5, 0.6) is 0 Å². The zero-order chi connectivity index (χ0) is 8.10. The lowest BCUT2D eigenvalue weighted by atomic mass is 10.3. The topological polar surface area (TPSA) is 40.9 Å². The molecule has 0 aliphatic rings. The standard InChI is InChI=1S/C8H4NOS/c9-5-7(6-10)4-8-2-1-3-11-8/h1-4H. The number of nitriles is 1. The molecule has 0 saturated carbocycles. The molecular formula is C8H4NOS. The van der Waals surface area contributed by atoms with Gasteiger partial charge in [-0.05, 0) is 17.5 Å². The third-order valence-corrected chi connectivity index (χ3v) is 1.88. The lowest BCUT2D eigenvalue weighted by Gasteiger charge is -1.80. The maximum Gasteiger partial charge on any atom is 0.244 e. The predicted octanol–water partition coefficient (Wildman–Crippen LogP) is 1.76. The maximum atomic E-state index is 10.1. The first-order valence-corrected chi connectivity index (χ1v) is 3.78. The molecule has 0 aliphatic heterocycles. The van der Waals surface area contributed by atoms with Crippen molar-refractivity contribution in [1.29, 1.82) is 5.26 Å². The van der Waals surface area contributed by atoms with Gasteiger partial charge in [0.2, 0.25) is 6.29 Å². The second-order valence-corrected chi connectivity index (χ2v) is 2.77. The Bertz CT molecular complexity index is 305. The van der Waals surface area contributed by atoms with Crippen LogP contribution in [0.15, 0.2) is 23.1 Å². The second-order valence-electron chi connectivity index (χ2n) is 1.79. The van der Waals surface area contributed by atoms with Crippen molar-refractivity contribution < 1.29 is 4.79 Å². The fraction of sp³-hybridized carbons (Fsp3) is 0. The first-order chi connectivity index (χ1) is 5.36. The number of carbonyl (C=O) groups excluding carboxylic acids is 1. The summed E-state index contributed by atoms with van der Waals surface area (Å²) in [7, 11) is 0. The van der Waals surface area contributed by atoms with Gasteiger partial charge in [-0.3, -0.25) is 4.79 Å². The fourth-order valence-corrected chi connectivity index (χ4v) is 1.26. The van der Waals surface area contributed by atoms with E-state index in [1.807, 2.05) is 17.5 Å². The summed E-state index contributed by atoms with van der Waals surface area (Å²) in [6.45, 7) is 0. The van der Waals surface area contributed by atoms with E-state index in [0.717, 1.165) is 4.88 Å². The molecule has 53 valence electrons. The van der Waals surface area contributed by atoms with Crippen molar-refractivity contribution >= 4 is 23.7 Å². The van der Waals surface area contributed by atoms with E-state index in [1.54, 1.807) is 12.4 Å². The Hall–Kier alpha value is -1.40. The van der Waals surface area contributed by atoms with Crippen molar-refractivity contribution in [3.05, 3.63) is 28.0 Å². The average Bonchev–Trinajstić information content (AvgIpc) is 2.52. The van der Waals surface area contributed by atoms with Crippen LogP contribution in [0.2, 0.25) is 0 Å². The Morgan fingerprint density at radius 2 is 2.55 bits per heavy atom. The van der Waals surface area contributed by atoms with E-state index in [4.69, 9.17) is 5.26 Å². The molecule has 1 aromatic heterocycles. The molecule has 0 fully saturated rings. The van der Waals surface area contributed by atoms with Gasteiger partial charge in [-0.25, -0.2) is 0 Å². The van der Waals surface area contributed by atoms with Crippen molar-refractivity contribution in [2.45, 2.75) is 0 Å². The highest BCUT2D eigenvalue weighted by Crippen LogP contribution is 2.11. The lowest BCUT2D eigenvalue weighted by Crippen LogP contribution is -1.76. The maximum absolute atomic E-state index is 10.1. The molecule has 0 aromatic carbocycles. The van der Waals surface area contributed by atoms with Crippen LogP contribution in [-0.2, 0) is 4.79 Å². The Morgan fingerprint density at radius 1 is 1.73 bits per heavy atom. The number of thiophene rings is 1. The average molecular weight is 162 g/mol. The summed E-state index contributed by atoms with van der Waals surface area (Å²) < 4.78 is 0. The minimum absolute atomic E-state index is 0.0347. The van der Waals surface area contributed by atoms with Crippen LogP contribution in [-0.4, -0.2) is 6.29 Å². The molecule has 0 unspecified atom stereocenters. The highest BCUT2D eigenvalue weighted by molar-refractivity contribution is 7.10.